The van der Waals surface area contributed by atoms with Gasteiger partial charge in [-0.2, -0.15) is 0 Å². The molecule has 19 heavy (non-hydrogen) atoms. The number of nitrogen functional groups attached to an aromatic ring is 1. The number of anilines is 1. The van der Waals surface area contributed by atoms with E-state index in [9.17, 15) is 4.79 Å². The maximum Gasteiger partial charge on any atom is 0.408 e. The summed E-state index contributed by atoms with van der Waals surface area (Å²) in [5.74, 6) is 2.57. The molecule has 102 valence electrons. The second-order valence-electron chi connectivity index (χ2n) is 5.36. The van der Waals surface area contributed by atoms with Gasteiger partial charge in [0.1, 0.15) is 5.60 Å². The Bertz CT molecular complexity index is 510. The topological polar surface area (TPSA) is 64.3 Å². The molecule has 4 heteroatoms. The van der Waals surface area contributed by atoms with Crippen LogP contribution >= 0.6 is 0 Å². The lowest BCUT2D eigenvalue weighted by molar-refractivity contribution is 0.0508. The van der Waals surface area contributed by atoms with E-state index in [0.717, 1.165) is 5.56 Å². The Hall–Kier alpha value is -2.15. The largest absolute Gasteiger partial charge is 0.444 e. The number of carbonyl (C=O) groups is 1. The highest BCUT2D eigenvalue weighted by Crippen LogP contribution is 2.20. The molecule has 1 amide bonds. The third-order valence-electron chi connectivity index (χ3n) is 2.43. The minimum absolute atomic E-state index is 0.249. The van der Waals surface area contributed by atoms with Crippen molar-refractivity contribution in [2.24, 2.45) is 0 Å². The molecule has 1 aromatic carbocycles. The van der Waals surface area contributed by atoms with Gasteiger partial charge < -0.3 is 15.8 Å². The van der Waals surface area contributed by atoms with E-state index in [0.29, 0.717) is 11.3 Å². The van der Waals surface area contributed by atoms with Crippen LogP contribution in [0.5, 0.6) is 0 Å². The molecule has 1 rings (SSSR count). The van der Waals surface area contributed by atoms with Crippen molar-refractivity contribution in [1.82, 2.24) is 5.32 Å². The van der Waals surface area contributed by atoms with Crippen molar-refractivity contribution in [1.29, 1.82) is 0 Å². The van der Waals surface area contributed by atoms with Crippen molar-refractivity contribution >= 4 is 11.8 Å². The van der Waals surface area contributed by atoms with Crippen LogP contribution in [-0.4, -0.2) is 11.7 Å². The van der Waals surface area contributed by atoms with E-state index < -0.39 is 11.7 Å². The van der Waals surface area contributed by atoms with E-state index in [4.69, 9.17) is 16.9 Å². The lowest BCUT2D eigenvalue weighted by atomic mass is 10.0. The molecule has 0 spiro atoms. The van der Waals surface area contributed by atoms with Gasteiger partial charge in [-0.25, -0.2) is 4.79 Å². The summed E-state index contributed by atoms with van der Waals surface area (Å²) in [6, 6.07) is 5.03. The smallest absolute Gasteiger partial charge is 0.408 e. The number of nitrogens with two attached hydrogens (primary N) is 1. The minimum Gasteiger partial charge on any atom is -0.444 e. The molecule has 0 radical (unpaired) electrons. The Morgan fingerprint density at radius 1 is 1.47 bits per heavy atom. The van der Waals surface area contributed by atoms with Crippen molar-refractivity contribution in [3.05, 3.63) is 29.3 Å². The van der Waals surface area contributed by atoms with Gasteiger partial charge in [0.2, 0.25) is 0 Å². The summed E-state index contributed by atoms with van der Waals surface area (Å²) in [7, 11) is 0. The van der Waals surface area contributed by atoms with E-state index in [2.05, 4.69) is 11.2 Å². The van der Waals surface area contributed by atoms with Crippen molar-refractivity contribution in [2.45, 2.75) is 39.3 Å². The van der Waals surface area contributed by atoms with E-state index in [1.165, 1.54) is 0 Å². The van der Waals surface area contributed by atoms with E-state index >= 15 is 0 Å². The molecule has 0 aliphatic heterocycles. The first kappa shape index (κ1) is 14.9. The van der Waals surface area contributed by atoms with Gasteiger partial charge in [0.15, 0.2) is 0 Å². The average Bonchev–Trinajstić information content (AvgIpc) is 2.25. The average molecular weight is 260 g/mol. The number of amides is 1. The van der Waals surface area contributed by atoms with Gasteiger partial charge in [0, 0.05) is 11.3 Å². The summed E-state index contributed by atoms with van der Waals surface area (Å²) in [5, 5.41) is 2.75. The number of rotatable bonds is 2. The van der Waals surface area contributed by atoms with Crippen LogP contribution in [0.4, 0.5) is 10.5 Å². The maximum absolute atomic E-state index is 11.7. The summed E-state index contributed by atoms with van der Waals surface area (Å²) in [6.07, 6.45) is 4.97. The second-order valence-corrected chi connectivity index (χ2v) is 5.36. The van der Waals surface area contributed by atoms with Crippen LogP contribution in [0.25, 0.3) is 0 Å². The van der Waals surface area contributed by atoms with Gasteiger partial charge >= 0.3 is 6.09 Å². The normalized spacial score (nSPS) is 12.4. The fourth-order valence-corrected chi connectivity index (χ4v) is 1.64. The van der Waals surface area contributed by atoms with Crippen molar-refractivity contribution in [3.8, 4) is 12.3 Å². The van der Waals surface area contributed by atoms with E-state index in [1.807, 2.05) is 33.8 Å². The predicted molar refractivity (Wildman–Crippen MR) is 76.6 cm³/mol. The van der Waals surface area contributed by atoms with Crippen molar-refractivity contribution in [3.63, 3.8) is 0 Å². The lowest BCUT2D eigenvalue weighted by Crippen LogP contribution is -2.34. The molecule has 0 bridgehead atoms. The van der Waals surface area contributed by atoms with Crippen LogP contribution in [0.15, 0.2) is 18.2 Å². The molecule has 0 aliphatic carbocycles. The number of carbonyl (C=O) groups excluding carboxylic acids is 1. The number of terminal acetylenes is 1. The standard InChI is InChI=1S/C15H20N2O2/c1-6-11-9-12(16)7-8-13(11)10(2)17-14(18)19-15(3,4)5/h1,7-10H,16H2,2-5H3,(H,17,18). The fraction of sp³-hybridized carbons (Fsp3) is 0.400. The van der Waals surface area contributed by atoms with Crippen LogP contribution in [0, 0.1) is 12.3 Å². The molecule has 1 atom stereocenters. The summed E-state index contributed by atoms with van der Waals surface area (Å²) < 4.78 is 5.20. The van der Waals surface area contributed by atoms with Crippen LogP contribution in [0.1, 0.15) is 44.9 Å². The minimum atomic E-state index is -0.528. The first-order valence-electron chi connectivity index (χ1n) is 6.08. The summed E-state index contributed by atoms with van der Waals surface area (Å²) in [6.45, 7) is 7.28. The molecule has 0 saturated carbocycles. The Labute approximate surface area is 114 Å². The van der Waals surface area contributed by atoms with Gasteiger partial charge in [-0.05, 0) is 45.4 Å². The number of nitrogens with one attached hydrogen (secondary N) is 1. The van der Waals surface area contributed by atoms with E-state index in [-0.39, 0.29) is 6.04 Å². The lowest BCUT2D eigenvalue weighted by Gasteiger charge is -2.22. The van der Waals surface area contributed by atoms with Crippen LogP contribution in [0.2, 0.25) is 0 Å². The summed E-state index contributed by atoms with van der Waals surface area (Å²) >= 11 is 0. The Morgan fingerprint density at radius 2 is 2.11 bits per heavy atom. The molecule has 1 unspecified atom stereocenters. The van der Waals surface area contributed by atoms with Gasteiger partial charge in [-0.1, -0.05) is 12.0 Å². The van der Waals surface area contributed by atoms with Crippen molar-refractivity contribution < 1.29 is 9.53 Å². The van der Waals surface area contributed by atoms with Gasteiger partial charge in [-0.15, -0.1) is 6.42 Å². The highest BCUT2D eigenvalue weighted by molar-refractivity contribution is 5.68. The molecule has 4 nitrogen and oxygen atoms in total. The Morgan fingerprint density at radius 3 is 2.63 bits per heavy atom. The zero-order valence-corrected chi connectivity index (χ0v) is 11.8. The SMILES string of the molecule is C#Cc1cc(N)ccc1C(C)NC(=O)OC(C)(C)C. The Balaban J connectivity index is 2.82. The monoisotopic (exact) mass is 260 g/mol. The third-order valence-corrected chi connectivity index (χ3v) is 2.43. The summed E-state index contributed by atoms with van der Waals surface area (Å²) in [5.41, 5.74) is 7.26. The van der Waals surface area contributed by atoms with Gasteiger partial charge in [-0.3, -0.25) is 0 Å². The summed E-state index contributed by atoms with van der Waals surface area (Å²) in [4.78, 5) is 11.7. The van der Waals surface area contributed by atoms with Crippen LogP contribution in [0.3, 0.4) is 0 Å². The Kier molecular flexibility index (Phi) is 4.44. The molecule has 0 saturated heterocycles. The first-order chi connectivity index (χ1) is 8.73. The fourth-order valence-electron chi connectivity index (χ4n) is 1.64. The third kappa shape index (κ3) is 4.55. The predicted octanol–water partition coefficient (Wildman–Crippen LogP) is 2.84. The van der Waals surface area contributed by atoms with Gasteiger partial charge in [0.05, 0.1) is 6.04 Å². The zero-order valence-electron chi connectivity index (χ0n) is 11.8. The quantitative estimate of drug-likeness (QED) is 0.635. The highest BCUT2D eigenvalue weighted by atomic mass is 16.6. The highest BCUT2D eigenvalue weighted by Gasteiger charge is 2.19. The molecule has 0 fully saturated rings. The molecule has 0 aliphatic rings. The van der Waals surface area contributed by atoms with Crippen molar-refractivity contribution in [2.75, 3.05) is 5.73 Å². The van der Waals surface area contributed by atoms with Crippen LogP contribution in [-0.2, 0) is 4.74 Å². The maximum atomic E-state index is 11.7. The molecule has 3 N–H and O–H groups in total. The number of hydrogen-bond acceptors (Lipinski definition) is 3. The number of alkyl carbamates (subject to hydrolysis) is 1. The zero-order chi connectivity index (χ0) is 14.6. The number of benzene rings is 1. The molecule has 0 aromatic heterocycles. The molecular weight excluding hydrogens is 240 g/mol. The first-order valence-corrected chi connectivity index (χ1v) is 6.08. The number of ether oxygens (including phenoxy) is 1. The molecule has 1 aromatic rings. The van der Waals surface area contributed by atoms with Gasteiger partial charge in [0.25, 0.3) is 0 Å². The second kappa shape index (κ2) is 5.66. The molecule has 0 heterocycles. The van der Waals surface area contributed by atoms with E-state index in [1.54, 1.807) is 12.1 Å². The number of hydrogen-bond donors (Lipinski definition) is 2. The molecular formula is C15H20N2O2. The van der Waals surface area contributed by atoms with Crippen LogP contribution < -0.4 is 11.1 Å².